The molecule has 2 aromatic rings. The van der Waals surface area contributed by atoms with Crippen molar-refractivity contribution in [2.75, 3.05) is 0 Å². The summed E-state index contributed by atoms with van der Waals surface area (Å²) in [5.74, 6) is -0.164. The van der Waals surface area contributed by atoms with E-state index in [2.05, 4.69) is 33.1 Å². The van der Waals surface area contributed by atoms with Crippen LogP contribution in [0.2, 0.25) is 0 Å². The van der Waals surface area contributed by atoms with Crippen LogP contribution < -0.4 is 0 Å². The number of rotatable bonds is 1. The fraction of sp³-hybridized carbons (Fsp3) is 0.158. The van der Waals surface area contributed by atoms with Crippen LogP contribution in [0.4, 0.5) is 4.39 Å². The quantitative estimate of drug-likeness (QED) is 0.666. The predicted molar refractivity (Wildman–Crippen MR) is 83.2 cm³/mol. The van der Waals surface area contributed by atoms with Crippen LogP contribution in [0.5, 0.6) is 0 Å². The fourth-order valence-corrected chi connectivity index (χ4v) is 3.28. The largest absolute Gasteiger partial charge is 0.207 e. The van der Waals surface area contributed by atoms with Crippen LogP contribution in [0.25, 0.3) is 11.6 Å². The molecule has 0 fully saturated rings. The summed E-state index contributed by atoms with van der Waals surface area (Å²) in [6, 6.07) is 11.3. The van der Waals surface area contributed by atoms with Crippen molar-refractivity contribution in [3.63, 3.8) is 0 Å². The Balaban J connectivity index is 2.44. The SMILES string of the molecule is C=Cc1cccc2c1C(=C)c1cccc(F)c1C2(C)C. The molecule has 3 rings (SSSR count). The van der Waals surface area contributed by atoms with Crippen molar-refractivity contribution in [3.05, 3.63) is 83.2 Å². The van der Waals surface area contributed by atoms with Gasteiger partial charge in [-0.1, -0.05) is 63.4 Å². The number of halogens is 1. The second-order valence-corrected chi connectivity index (χ2v) is 5.74. The van der Waals surface area contributed by atoms with Gasteiger partial charge < -0.3 is 0 Å². The van der Waals surface area contributed by atoms with Gasteiger partial charge in [0.05, 0.1) is 0 Å². The smallest absolute Gasteiger partial charge is 0.127 e. The van der Waals surface area contributed by atoms with Crippen molar-refractivity contribution in [1.82, 2.24) is 0 Å². The highest BCUT2D eigenvalue weighted by molar-refractivity contribution is 5.90. The zero-order valence-electron chi connectivity index (χ0n) is 11.8. The molecule has 0 aliphatic heterocycles. The Morgan fingerprint density at radius 1 is 1.10 bits per heavy atom. The molecule has 0 heterocycles. The number of fused-ring (bicyclic) bond motifs is 2. The Morgan fingerprint density at radius 3 is 2.50 bits per heavy atom. The Kier molecular flexibility index (Phi) is 2.68. The van der Waals surface area contributed by atoms with Gasteiger partial charge in [0.25, 0.3) is 0 Å². The summed E-state index contributed by atoms with van der Waals surface area (Å²) in [4.78, 5) is 0. The van der Waals surface area contributed by atoms with E-state index < -0.39 is 0 Å². The average molecular weight is 264 g/mol. The van der Waals surface area contributed by atoms with Gasteiger partial charge >= 0.3 is 0 Å². The minimum Gasteiger partial charge on any atom is -0.207 e. The third kappa shape index (κ3) is 1.53. The summed E-state index contributed by atoms with van der Waals surface area (Å²) in [6.45, 7) is 12.2. The first-order chi connectivity index (χ1) is 9.48. The first-order valence-corrected chi connectivity index (χ1v) is 6.73. The van der Waals surface area contributed by atoms with Gasteiger partial charge in [-0.15, -0.1) is 0 Å². The molecule has 20 heavy (non-hydrogen) atoms. The molecule has 1 aliphatic rings. The summed E-state index contributed by atoms with van der Waals surface area (Å²) in [7, 11) is 0. The van der Waals surface area contributed by atoms with E-state index in [-0.39, 0.29) is 11.2 Å². The fourth-order valence-electron chi connectivity index (χ4n) is 3.28. The van der Waals surface area contributed by atoms with E-state index in [4.69, 9.17) is 0 Å². The highest BCUT2D eigenvalue weighted by Gasteiger charge is 2.36. The molecule has 0 unspecified atom stereocenters. The van der Waals surface area contributed by atoms with E-state index in [0.29, 0.717) is 0 Å². The molecule has 0 saturated heterocycles. The zero-order chi connectivity index (χ0) is 14.5. The van der Waals surface area contributed by atoms with E-state index >= 15 is 0 Å². The zero-order valence-corrected chi connectivity index (χ0v) is 11.8. The number of benzene rings is 2. The van der Waals surface area contributed by atoms with Crippen LogP contribution >= 0.6 is 0 Å². The second-order valence-electron chi connectivity index (χ2n) is 5.74. The third-order valence-corrected chi connectivity index (χ3v) is 4.26. The Bertz CT molecular complexity index is 735. The average Bonchev–Trinajstić information content (AvgIpc) is 2.44. The lowest BCUT2D eigenvalue weighted by atomic mass is 9.66. The van der Waals surface area contributed by atoms with Gasteiger partial charge in [0, 0.05) is 11.0 Å². The van der Waals surface area contributed by atoms with E-state index in [1.54, 1.807) is 6.07 Å². The number of hydrogen-bond donors (Lipinski definition) is 0. The molecular weight excluding hydrogens is 247 g/mol. The lowest BCUT2D eigenvalue weighted by Crippen LogP contribution is -2.28. The molecule has 1 heteroatoms. The van der Waals surface area contributed by atoms with Crippen LogP contribution in [0.3, 0.4) is 0 Å². The third-order valence-electron chi connectivity index (χ3n) is 4.26. The van der Waals surface area contributed by atoms with Gasteiger partial charge in [0.2, 0.25) is 0 Å². The Morgan fingerprint density at radius 2 is 1.80 bits per heavy atom. The van der Waals surface area contributed by atoms with Crippen molar-refractivity contribution in [1.29, 1.82) is 0 Å². The maximum Gasteiger partial charge on any atom is 0.127 e. The van der Waals surface area contributed by atoms with Crippen molar-refractivity contribution in [3.8, 4) is 0 Å². The second kappa shape index (κ2) is 4.17. The van der Waals surface area contributed by atoms with Gasteiger partial charge in [-0.25, -0.2) is 4.39 Å². The molecule has 0 bridgehead atoms. The van der Waals surface area contributed by atoms with Crippen molar-refractivity contribution >= 4 is 11.6 Å². The summed E-state index contributed by atoms with van der Waals surface area (Å²) in [6.07, 6.45) is 1.84. The molecule has 0 aromatic heterocycles. The molecule has 0 nitrogen and oxygen atoms in total. The first kappa shape index (κ1) is 12.9. The molecular formula is C19H17F. The van der Waals surface area contributed by atoms with Crippen LogP contribution in [-0.2, 0) is 5.41 Å². The molecule has 0 atom stereocenters. The first-order valence-electron chi connectivity index (χ1n) is 6.73. The minimum atomic E-state index is -0.379. The van der Waals surface area contributed by atoms with Gasteiger partial charge in [-0.2, -0.15) is 0 Å². The predicted octanol–water partition coefficient (Wildman–Crippen LogP) is 5.17. The van der Waals surface area contributed by atoms with E-state index in [1.807, 2.05) is 24.3 Å². The maximum absolute atomic E-state index is 14.4. The molecule has 0 spiro atoms. The number of hydrogen-bond acceptors (Lipinski definition) is 0. The summed E-state index contributed by atoms with van der Waals surface area (Å²) in [5.41, 5.74) is 5.38. The molecule has 100 valence electrons. The van der Waals surface area contributed by atoms with E-state index in [1.165, 1.54) is 6.07 Å². The Hall–Kier alpha value is -2.15. The van der Waals surface area contributed by atoms with Crippen molar-refractivity contribution in [2.45, 2.75) is 19.3 Å². The van der Waals surface area contributed by atoms with E-state index in [0.717, 1.165) is 33.4 Å². The lowest BCUT2D eigenvalue weighted by Gasteiger charge is -2.37. The summed E-state index contributed by atoms with van der Waals surface area (Å²) in [5, 5.41) is 0. The van der Waals surface area contributed by atoms with Crippen LogP contribution in [0.1, 0.15) is 41.7 Å². The summed E-state index contributed by atoms with van der Waals surface area (Å²) >= 11 is 0. The van der Waals surface area contributed by atoms with E-state index in [9.17, 15) is 4.39 Å². The molecule has 0 saturated carbocycles. The topological polar surface area (TPSA) is 0 Å². The maximum atomic E-state index is 14.4. The summed E-state index contributed by atoms with van der Waals surface area (Å²) < 4.78 is 14.4. The van der Waals surface area contributed by atoms with Crippen LogP contribution in [-0.4, -0.2) is 0 Å². The molecule has 0 amide bonds. The molecule has 0 radical (unpaired) electrons. The lowest BCUT2D eigenvalue weighted by molar-refractivity contribution is 0.542. The van der Waals surface area contributed by atoms with Crippen LogP contribution in [0, 0.1) is 5.82 Å². The highest BCUT2D eigenvalue weighted by Crippen LogP contribution is 2.47. The monoisotopic (exact) mass is 264 g/mol. The normalized spacial score (nSPS) is 15.4. The molecule has 1 aliphatic carbocycles. The van der Waals surface area contributed by atoms with Gasteiger partial charge in [0.15, 0.2) is 0 Å². The van der Waals surface area contributed by atoms with Crippen LogP contribution in [0.15, 0.2) is 49.6 Å². The van der Waals surface area contributed by atoms with Gasteiger partial charge in [-0.3, -0.25) is 0 Å². The van der Waals surface area contributed by atoms with Crippen molar-refractivity contribution in [2.24, 2.45) is 0 Å². The van der Waals surface area contributed by atoms with Gasteiger partial charge in [-0.05, 0) is 33.9 Å². The Labute approximate surface area is 119 Å². The molecule has 2 aromatic carbocycles. The molecule has 0 N–H and O–H groups in total. The van der Waals surface area contributed by atoms with Crippen molar-refractivity contribution < 1.29 is 4.39 Å². The highest BCUT2D eigenvalue weighted by atomic mass is 19.1. The standard InChI is InChI=1S/C19H17F/c1-5-13-8-6-10-15-17(13)12(2)14-9-7-11-16(20)18(14)19(15,3)4/h5-11H,1-2H2,3-4H3. The minimum absolute atomic E-state index is 0.164. The van der Waals surface area contributed by atoms with Gasteiger partial charge in [0.1, 0.15) is 5.82 Å².